The topological polar surface area (TPSA) is 86.3 Å². The first-order valence-corrected chi connectivity index (χ1v) is 12.4. The van der Waals surface area contributed by atoms with Crippen molar-refractivity contribution in [2.24, 2.45) is 11.7 Å². The summed E-state index contributed by atoms with van der Waals surface area (Å²) < 4.78 is 7.40. The summed E-state index contributed by atoms with van der Waals surface area (Å²) >= 11 is 0. The summed E-state index contributed by atoms with van der Waals surface area (Å²) in [6, 6.07) is 21.4. The van der Waals surface area contributed by atoms with Crippen molar-refractivity contribution in [1.29, 1.82) is 0 Å². The molecule has 0 spiro atoms. The first-order valence-electron chi connectivity index (χ1n) is 12.4. The molecule has 0 aliphatic heterocycles. The van der Waals surface area contributed by atoms with Crippen molar-refractivity contribution in [3.63, 3.8) is 0 Å². The molecular formula is C30H31N3O3. The Morgan fingerprint density at radius 3 is 2.58 bits per heavy atom. The van der Waals surface area contributed by atoms with E-state index < -0.39 is 5.91 Å². The number of carbonyl (C=O) groups is 1. The standard InChI is InChI=1S/C30H31N3O3/c1-32-13-15-36-26-9-4-21(5-10-26)19-33-14-12-24-17-23(8-11-27(24)30(33)35)28-18-25(29(31)34)7-6-22(28)16-20-2-3-20/h4-12,14,17-18,20,32H,2-3,13,15-16,19H2,1H3,(H2,31,34). The fourth-order valence-corrected chi connectivity index (χ4v) is 4.55. The molecule has 0 atom stereocenters. The summed E-state index contributed by atoms with van der Waals surface area (Å²) in [5.74, 6) is 1.09. The summed E-state index contributed by atoms with van der Waals surface area (Å²) in [6.45, 7) is 1.88. The third kappa shape index (κ3) is 5.34. The smallest absolute Gasteiger partial charge is 0.258 e. The van der Waals surface area contributed by atoms with Gasteiger partial charge in [0.1, 0.15) is 12.4 Å². The van der Waals surface area contributed by atoms with Crippen LogP contribution in [0, 0.1) is 5.92 Å². The van der Waals surface area contributed by atoms with Gasteiger partial charge < -0.3 is 20.4 Å². The van der Waals surface area contributed by atoms with Gasteiger partial charge in [0.15, 0.2) is 0 Å². The normalized spacial score (nSPS) is 13.1. The quantitative estimate of drug-likeness (QED) is 0.330. The molecule has 3 N–H and O–H groups in total. The van der Waals surface area contributed by atoms with E-state index in [1.807, 2.05) is 80.0 Å². The lowest BCUT2D eigenvalue weighted by atomic mass is 9.93. The van der Waals surface area contributed by atoms with Crippen LogP contribution in [0.15, 0.2) is 77.7 Å². The highest BCUT2D eigenvalue weighted by molar-refractivity contribution is 5.95. The third-order valence-corrected chi connectivity index (χ3v) is 6.78. The molecule has 1 fully saturated rings. The summed E-state index contributed by atoms with van der Waals surface area (Å²) in [6.07, 6.45) is 5.34. The molecule has 0 bridgehead atoms. The number of ether oxygens (including phenoxy) is 1. The molecule has 0 radical (unpaired) electrons. The number of benzene rings is 3. The Labute approximate surface area is 210 Å². The van der Waals surface area contributed by atoms with Crippen LogP contribution in [-0.2, 0) is 13.0 Å². The average molecular weight is 482 g/mol. The summed E-state index contributed by atoms with van der Waals surface area (Å²) in [5.41, 5.74) is 10.3. The van der Waals surface area contributed by atoms with Gasteiger partial charge in [-0.25, -0.2) is 0 Å². The number of nitrogens with one attached hydrogen (secondary N) is 1. The molecule has 5 rings (SSSR count). The zero-order chi connectivity index (χ0) is 25.1. The lowest BCUT2D eigenvalue weighted by Crippen LogP contribution is -2.20. The second-order valence-corrected chi connectivity index (χ2v) is 9.53. The number of hydrogen-bond donors (Lipinski definition) is 2. The Kier molecular flexibility index (Phi) is 6.87. The number of fused-ring (bicyclic) bond motifs is 1. The minimum absolute atomic E-state index is 0.0301. The van der Waals surface area contributed by atoms with Gasteiger partial charge >= 0.3 is 0 Å². The lowest BCUT2D eigenvalue weighted by molar-refractivity contribution is 0.100. The second kappa shape index (κ2) is 10.4. The van der Waals surface area contributed by atoms with Crippen molar-refractivity contribution < 1.29 is 9.53 Å². The number of likely N-dealkylation sites (N-methyl/N-ethyl adjacent to an activating group) is 1. The minimum Gasteiger partial charge on any atom is -0.492 e. The zero-order valence-corrected chi connectivity index (χ0v) is 20.5. The van der Waals surface area contributed by atoms with E-state index in [1.165, 1.54) is 18.4 Å². The summed E-state index contributed by atoms with van der Waals surface area (Å²) in [7, 11) is 1.89. The Balaban J connectivity index is 1.41. The van der Waals surface area contributed by atoms with Gasteiger partial charge in [0.25, 0.3) is 5.56 Å². The van der Waals surface area contributed by atoms with Crippen molar-refractivity contribution in [2.75, 3.05) is 20.2 Å². The van der Waals surface area contributed by atoms with Crippen LogP contribution in [0.3, 0.4) is 0 Å². The zero-order valence-electron chi connectivity index (χ0n) is 20.5. The summed E-state index contributed by atoms with van der Waals surface area (Å²) in [5, 5.41) is 4.60. The Bertz CT molecular complexity index is 1450. The number of nitrogens with two attached hydrogens (primary N) is 1. The molecule has 1 amide bonds. The van der Waals surface area contributed by atoms with E-state index in [-0.39, 0.29) is 5.56 Å². The van der Waals surface area contributed by atoms with Gasteiger partial charge in [0, 0.05) is 23.7 Å². The van der Waals surface area contributed by atoms with Crippen LogP contribution in [0.1, 0.15) is 34.3 Å². The second-order valence-electron chi connectivity index (χ2n) is 9.53. The first-order chi connectivity index (χ1) is 17.5. The molecule has 184 valence electrons. The maximum atomic E-state index is 13.3. The lowest BCUT2D eigenvalue weighted by Gasteiger charge is -2.13. The van der Waals surface area contributed by atoms with Crippen LogP contribution in [0.5, 0.6) is 5.75 Å². The molecule has 4 aromatic rings. The molecule has 6 nitrogen and oxygen atoms in total. The summed E-state index contributed by atoms with van der Waals surface area (Å²) in [4.78, 5) is 25.1. The molecule has 1 saturated carbocycles. The Morgan fingerprint density at radius 1 is 1.06 bits per heavy atom. The Hall–Kier alpha value is -3.90. The van der Waals surface area contributed by atoms with E-state index >= 15 is 0 Å². The molecule has 1 aromatic heterocycles. The van der Waals surface area contributed by atoms with Crippen LogP contribution in [-0.4, -0.2) is 30.7 Å². The number of carbonyl (C=O) groups excluding carboxylic acids is 1. The number of aromatic nitrogens is 1. The predicted molar refractivity (Wildman–Crippen MR) is 144 cm³/mol. The minimum atomic E-state index is -0.435. The molecule has 0 unspecified atom stereocenters. The van der Waals surface area contributed by atoms with E-state index in [9.17, 15) is 9.59 Å². The number of hydrogen-bond acceptors (Lipinski definition) is 4. The van der Waals surface area contributed by atoms with E-state index in [0.29, 0.717) is 30.0 Å². The van der Waals surface area contributed by atoms with Crippen LogP contribution in [0.25, 0.3) is 21.9 Å². The molecular weight excluding hydrogens is 450 g/mol. The van der Waals surface area contributed by atoms with E-state index in [1.54, 1.807) is 4.57 Å². The van der Waals surface area contributed by atoms with Gasteiger partial charge in [0.05, 0.1) is 6.54 Å². The van der Waals surface area contributed by atoms with Crippen LogP contribution >= 0.6 is 0 Å². The third-order valence-electron chi connectivity index (χ3n) is 6.78. The Morgan fingerprint density at radius 2 is 1.86 bits per heavy atom. The molecule has 1 aliphatic rings. The van der Waals surface area contributed by atoms with Crippen molar-refractivity contribution in [3.05, 3.63) is 100.0 Å². The van der Waals surface area contributed by atoms with Crippen molar-refractivity contribution in [3.8, 4) is 16.9 Å². The SMILES string of the molecule is CNCCOc1ccc(Cn2ccc3cc(-c4cc(C(N)=O)ccc4CC4CC4)ccc3c2=O)cc1. The van der Waals surface area contributed by atoms with Gasteiger partial charge in [-0.05, 0) is 102 Å². The fourth-order valence-electron chi connectivity index (χ4n) is 4.55. The average Bonchev–Trinajstić information content (AvgIpc) is 3.71. The number of pyridine rings is 1. The molecule has 0 saturated heterocycles. The van der Waals surface area contributed by atoms with Gasteiger partial charge in [-0.3, -0.25) is 9.59 Å². The van der Waals surface area contributed by atoms with Gasteiger partial charge in [-0.1, -0.05) is 24.3 Å². The maximum absolute atomic E-state index is 13.3. The van der Waals surface area contributed by atoms with Crippen LogP contribution in [0.4, 0.5) is 0 Å². The molecule has 36 heavy (non-hydrogen) atoms. The van der Waals surface area contributed by atoms with E-state index in [2.05, 4.69) is 5.32 Å². The van der Waals surface area contributed by atoms with E-state index in [4.69, 9.17) is 10.5 Å². The molecule has 1 aliphatic carbocycles. The molecule has 1 heterocycles. The highest BCUT2D eigenvalue weighted by Gasteiger charge is 2.23. The number of rotatable bonds is 10. The largest absolute Gasteiger partial charge is 0.492 e. The van der Waals surface area contributed by atoms with Crippen molar-refractivity contribution >= 4 is 16.7 Å². The van der Waals surface area contributed by atoms with E-state index in [0.717, 1.165) is 40.8 Å². The fraction of sp³-hybridized carbons (Fsp3) is 0.267. The monoisotopic (exact) mass is 481 g/mol. The van der Waals surface area contributed by atoms with Crippen molar-refractivity contribution in [2.45, 2.75) is 25.8 Å². The number of nitrogens with zero attached hydrogens (tertiary/aromatic N) is 1. The molecule has 6 heteroatoms. The van der Waals surface area contributed by atoms with Gasteiger partial charge in [-0.15, -0.1) is 0 Å². The first kappa shape index (κ1) is 23.8. The number of primary amides is 1. The van der Waals surface area contributed by atoms with Gasteiger partial charge in [-0.2, -0.15) is 0 Å². The highest BCUT2D eigenvalue weighted by atomic mass is 16.5. The molecule has 3 aromatic carbocycles. The predicted octanol–water partition coefficient (Wildman–Crippen LogP) is 4.37. The van der Waals surface area contributed by atoms with Crippen LogP contribution < -0.4 is 21.3 Å². The highest BCUT2D eigenvalue weighted by Crippen LogP contribution is 2.36. The van der Waals surface area contributed by atoms with Gasteiger partial charge in [0.2, 0.25) is 5.91 Å². The van der Waals surface area contributed by atoms with Crippen LogP contribution in [0.2, 0.25) is 0 Å². The van der Waals surface area contributed by atoms with Crippen molar-refractivity contribution in [1.82, 2.24) is 9.88 Å². The number of amides is 1. The maximum Gasteiger partial charge on any atom is 0.258 e.